The second-order valence-corrected chi connectivity index (χ2v) is 4.10. The average Bonchev–Trinajstić information content (AvgIpc) is 2.46. The monoisotopic (exact) mass is 252 g/mol. The third-order valence-electron chi connectivity index (χ3n) is 2.72. The zero-order valence-electron chi connectivity index (χ0n) is 10.2. The fourth-order valence-corrected chi connectivity index (χ4v) is 1.65. The lowest BCUT2D eigenvalue weighted by atomic mass is 9.80. The summed E-state index contributed by atoms with van der Waals surface area (Å²) in [6.45, 7) is 0. The molecule has 2 aromatic rings. The lowest BCUT2D eigenvalue weighted by Gasteiger charge is -1.99. The molecule has 0 aromatic heterocycles. The molecular formula is C15H13BO3. The van der Waals surface area contributed by atoms with Gasteiger partial charge in [0.15, 0.2) is 5.78 Å². The zero-order chi connectivity index (χ0) is 13.7. The van der Waals surface area contributed by atoms with E-state index in [2.05, 4.69) is 0 Å². The van der Waals surface area contributed by atoms with Gasteiger partial charge in [-0.3, -0.25) is 4.79 Å². The molecule has 19 heavy (non-hydrogen) atoms. The topological polar surface area (TPSA) is 57.5 Å². The van der Waals surface area contributed by atoms with Crippen molar-refractivity contribution in [1.82, 2.24) is 0 Å². The first-order valence-electron chi connectivity index (χ1n) is 5.90. The summed E-state index contributed by atoms with van der Waals surface area (Å²) in [7, 11) is -1.47. The molecule has 0 amide bonds. The Morgan fingerprint density at radius 2 is 1.58 bits per heavy atom. The molecule has 0 spiro atoms. The van der Waals surface area contributed by atoms with Gasteiger partial charge in [-0.25, -0.2) is 0 Å². The van der Waals surface area contributed by atoms with Gasteiger partial charge in [0.25, 0.3) is 0 Å². The van der Waals surface area contributed by atoms with Crippen LogP contribution in [0.4, 0.5) is 0 Å². The van der Waals surface area contributed by atoms with Crippen LogP contribution < -0.4 is 5.46 Å². The number of carbonyl (C=O) groups excluding carboxylic acids is 1. The van der Waals surface area contributed by atoms with Gasteiger partial charge in [-0.2, -0.15) is 0 Å². The highest BCUT2D eigenvalue weighted by molar-refractivity contribution is 6.58. The lowest BCUT2D eigenvalue weighted by Crippen LogP contribution is -2.29. The molecule has 0 saturated heterocycles. The third kappa shape index (κ3) is 3.65. The Balaban J connectivity index is 2.08. The molecule has 0 bridgehead atoms. The Morgan fingerprint density at radius 1 is 0.947 bits per heavy atom. The van der Waals surface area contributed by atoms with E-state index in [-0.39, 0.29) is 5.78 Å². The van der Waals surface area contributed by atoms with E-state index >= 15 is 0 Å². The molecule has 2 rings (SSSR count). The predicted octanol–water partition coefficient (Wildman–Crippen LogP) is 1.26. The van der Waals surface area contributed by atoms with Gasteiger partial charge in [-0.15, -0.1) is 0 Å². The van der Waals surface area contributed by atoms with Crippen LogP contribution in [0.1, 0.15) is 15.9 Å². The van der Waals surface area contributed by atoms with E-state index in [0.29, 0.717) is 11.0 Å². The van der Waals surface area contributed by atoms with Crippen LogP contribution in [0.15, 0.2) is 60.7 Å². The van der Waals surface area contributed by atoms with Crippen molar-refractivity contribution in [1.29, 1.82) is 0 Å². The molecule has 0 saturated carbocycles. The summed E-state index contributed by atoms with van der Waals surface area (Å²) in [6, 6.07) is 15.7. The third-order valence-corrected chi connectivity index (χ3v) is 2.72. The van der Waals surface area contributed by atoms with Crippen LogP contribution in [0, 0.1) is 0 Å². The maximum atomic E-state index is 11.8. The van der Waals surface area contributed by atoms with E-state index in [4.69, 9.17) is 10.0 Å². The maximum Gasteiger partial charge on any atom is 0.488 e. The standard InChI is InChI=1S/C15H13BO3/c17-15(13-4-2-1-3-5-13)11-8-12-6-9-14(10-7-12)16(18)19/h1-11,18-19H/b11-8+. The second kappa shape index (κ2) is 6.13. The van der Waals surface area contributed by atoms with Crippen molar-refractivity contribution in [3.63, 3.8) is 0 Å². The zero-order valence-corrected chi connectivity index (χ0v) is 10.2. The van der Waals surface area contributed by atoms with E-state index in [9.17, 15) is 4.79 Å². The van der Waals surface area contributed by atoms with Crippen molar-refractivity contribution in [3.05, 3.63) is 71.8 Å². The predicted molar refractivity (Wildman–Crippen MR) is 76.1 cm³/mol. The summed E-state index contributed by atoms with van der Waals surface area (Å²) in [4.78, 5) is 11.8. The quantitative estimate of drug-likeness (QED) is 0.489. The van der Waals surface area contributed by atoms with E-state index in [1.54, 1.807) is 42.5 Å². The van der Waals surface area contributed by atoms with Crippen molar-refractivity contribution in [3.8, 4) is 0 Å². The summed E-state index contributed by atoms with van der Waals surface area (Å²) in [5.74, 6) is -0.0631. The van der Waals surface area contributed by atoms with E-state index in [1.165, 1.54) is 6.08 Å². The molecule has 0 aliphatic heterocycles. The number of carbonyl (C=O) groups is 1. The number of benzene rings is 2. The smallest absolute Gasteiger partial charge is 0.423 e. The minimum Gasteiger partial charge on any atom is -0.423 e. The SMILES string of the molecule is O=C(/C=C/c1ccc(B(O)O)cc1)c1ccccc1. The summed E-state index contributed by atoms with van der Waals surface area (Å²) in [5.41, 5.74) is 1.89. The molecule has 0 heterocycles. The van der Waals surface area contributed by atoms with Crippen molar-refractivity contribution in [2.75, 3.05) is 0 Å². The van der Waals surface area contributed by atoms with Crippen LogP contribution >= 0.6 is 0 Å². The van der Waals surface area contributed by atoms with Crippen LogP contribution in [0.3, 0.4) is 0 Å². The fourth-order valence-electron chi connectivity index (χ4n) is 1.65. The maximum absolute atomic E-state index is 11.8. The summed E-state index contributed by atoms with van der Waals surface area (Å²) >= 11 is 0. The first kappa shape index (κ1) is 13.3. The Hall–Kier alpha value is -2.17. The molecular weight excluding hydrogens is 239 g/mol. The molecule has 94 valence electrons. The number of rotatable bonds is 4. The van der Waals surface area contributed by atoms with Gasteiger partial charge in [0.2, 0.25) is 0 Å². The Labute approximate surface area is 112 Å². The van der Waals surface area contributed by atoms with Gasteiger partial charge in [0.1, 0.15) is 0 Å². The highest BCUT2D eigenvalue weighted by Gasteiger charge is 2.09. The minimum atomic E-state index is -1.47. The Bertz CT molecular complexity index is 574. The highest BCUT2D eigenvalue weighted by Crippen LogP contribution is 2.05. The first-order valence-corrected chi connectivity index (χ1v) is 5.90. The van der Waals surface area contributed by atoms with Gasteiger partial charge in [-0.1, -0.05) is 60.7 Å². The summed E-state index contributed by atoms with van der Waals surface area (Å²) in [5, 5.41) is 17.9. The highest BCUT2D eigenvalue weighted by atomic mass is 16.4. The minimum absolute atomic E-state index is 0.0631. The number of allylic oxidation sites excluding steroid dienone is 1. The molecule has 0 unspecified atom stereocenters. The first-order chi connectivity index (χ1) is 9.16. The van der Waals surface area contributed by atoms with Crippen molar-refractivity contribution < 1.29 is 14.8 Å². The van der Waals surface area contributed by atoms with Crippen LogP contribution in [-0.2, 0) is 0 Å². The van der Waals surface area contributed by atoms with E-state index in [0.717, 1.165) is 5.56 Å². The van der Waals surface area contributed by atoms with Crippen LogP contribution in [0.2, 0.25) is 0 Å². The fraction of sp³-hybridized carbons (Fsp3) is 0. The molecule has 0 radical (unpaired) electrons. The van der Waals surface area contributed by atoms with Crippen LogP contribution in [0.25, 0.3) is 6.08 Å². The summed E-state index contributed by atoms with van der Waals surface area (Å²) in [6.07, 6.45) is 3.20. The molecule has 0 aliphatic rings. The molecule has 3 nitrogen and oxygen atoms in total. The van der Waals surface area contributed by atoms with Crippen LogP contribution in [-0.4, -0.2) is 22.9 Å². The van der Waals surface area contributed by atoms with Gasteiger partial charge in [0, 0.05) is 5.56 Å². The van der Waals surface area contributed by atoms with E-state index in [1.807, 2.05) is 18.2 Å². The number of hydrogen-bond donors (Lipinski definition) is 2. The molecule has 0 atom stereocenters. The Kier molecular flexibility index (Phi) is 4.28. The van der Waals surface area contributed by atoms with E-state index < -0.39 is 7.12 Å². The number of hydrogen-bond acceptors (Lipinski definition) is 3. The van der Waals surface area contributed by atoms with Crippen molar-refractivity contribution in [2.24, 2.45) is 0 Å². The molecule has 2 aromatic carbocycles. The largest absolute Gasteiger partial charge is 0.488 e. The second-order valence-electron chi connectivity index (χ2n) is 4.10. The van der Waals surface area contributed by atoms with Gasteiger partial charge >= 0.3 is 7.12 Å². The van der Waals surface area contributed by atoms with Crippen LogP contribution in [0.5, 0.6) is 0 Å². The van der Waals surface area contributed by atoms with Crippen molar-refractivity contribution in [2.45, 2.75) is 0 Å². The number of ketones is 1. The molecule has 0 fully saturated rings. The molecule has 2 N–H and O–H groups in total. The molecule has 0 aliphatic carbocycles. The van der Waals surface area contributed by atoms with Gasteiger partial charge in [-0.05, 0) is 17.1 Å². The van der Waals surface area contributed by atoms with Gasteiger partial charge < -0.3 is 10.0 Å². The molecule has 4 heteroatoms. The normalized spacial score (nSPS) is 10.6. The Morgan fingerprint density at radius 3 is 2.16 bits per heavy atom. The van der Waals surface area contributed by atoms with Crippen molar-refractivity contribution >= 4 is 24.4 Å². The van der Waals surface area contributed by atoms with Gasteiger partial charge in [0.05, 0.1) is 0 Å². The average molecular weight is 252 g/mol. The summed E-state index contributed by atoms with van der Waals surface area (Å²) < 4.78 is 0. The lowest BCUT2D eigenvalue weighted by molar-refractivity contribution is 0.104.